The summed E-state index contributed by atoms with van der Waals surface area (Å²) in [6.45, 7) is 0. The van der Waals surface area contributed by atoms with Crippen LogP contribution in [0.2, 0.25) is 5.02 Å². The van der Waals surface area contributed by atoms with Crippen LogP contribution in [0.1, 0.15) is 19.3 Å². The topological polar surface area (TPSA) is 54.5 Å². The van der Waals surface area contributed by atoms with Crippen LogP contribution in [0.15, 0.2) is 35.7 Å². The Morgan fingerprint density at radius 3 is 3.05 bits per heavy atom. The van der Waals surface area contributed by atoms with Gasteiger partial charge in [-0.1, -0.05) is 29.4 Å². The molecule has 0 aliphatic carbocycles. The van der Waals surface area contributed by atoms with Gasteiger partial charge in [0.25, 0.3) is 0 Å². The summed E-state index contributed by atoms with van der Waals surface area (Å²) < 4.78 is 1.92. The van der Waals surface area contributed by atoms with Crippen molar-refractivity contribution in [3.8, 4) is 11.8 Å². The molecule has 6 heteroatoms. The van der Waals surface area contributed by atoms with E-state index in [1.165, 1.54) is 0 Å². The molecule has 1 aromatic carbocycles. The van der Waals surface area contributed by atoms with Crippen LogP contribution in [-0.2, 0) is 0 Å². The first-order chi connectivity index (χ1) is 9.31. The molecule has 0 aliphatic rings. The number of unbranched alkanes of at least 4 members (excludes halogenated alkanes) is 2. The number of benzene rings is 1. The lowest BCUT2D eigenvalue weighted by molar-refractivity contribution is 0.822. The Kier molecular flexibility index (Phi) is 5.25. The molecule has 98 valence electrons. The van der Waals surface area contributed by atoms with Crippen molar-refractivity contribution in [1.29, 1.82) is 5.26 Å². The minimum absolute atomic E-state index is 0.613. The van der Waals surface area contributed by atoms with E-state index in [9.17, 15) is 0 Å². The van der Waals surface area contributed by atoms with E-state index in [1.807, 2.05) is 28.8 Å². The summed E-state index contributed by atoms with van der Waals surface area (Å²) in [5.74, 6) is 0.931. The largest absolute Gasteiger partial charge is 0.277 e. The number of halogens is 1. The van der Waals surface area contributed by atoms with Crippen LogP contribution >= 0.6 is 23.4 Å². The molecule has 0 saturated heterocycles. The highest BCUT2D eigenvalue weighted by Gasteiger charge is 2.07. The maximum Gasteiger partial charge on any atom is 0.195 e. The quantitative estimate of drug-likeness (QED) is 0.601. The van der Waals surface area contributed by atoms with Gasteiger partial charge in [0.15, 0.2) is 5.16 Å². The molecule has 0 N–H and O–H groups in total. The summed E-state index contributed by atoms with van der Waals surface area (Å²) in [6, 6.07) is 9.73. The first kappa shape index (κ1) is 13.9. The molecule has 0 fully saturated rings. The summed E-state index contributed by atoms with van der Waals surface area (Å²) in [5, 5.41) is 18.1. The van der Waals surface area contributed by atoms with Gasteiger partial charge in [-0.25, -0.2) is 0 Å². The average molecular weight is 293 g/mol. The predicted molar refractivity (Wildman–Crippen MR) is 76.6 cm³/mol. The van der Waals surface area contributed by atoms with Gasteiger partial charge in [-0.15, -0.1) is 10.2 Å². The molecule has 0 bridgehead atoms. The van der Waals surface area contributed by atoms with Gasteiger partial charge in [0.05, 0.1) is 11.8 Å². The van der Waals surface area contributed by atoms with Crippen LogP contribution in [0.3, 0.4) is 0 Å². The lowest BCUT2D eigenvalue weighted by Crippen LogP contribution is -1.95. The van der Waals surface area contributed by atoms with Crippen LogP contribution in [0, 0.1) is 11.3 Å². The van der Waals surface area contributed by atoms with Crippen molar-refractivity contribution in [3.63, 3.8) is 0 Å². The Balaban J connectivity index is 2.00. The maximum absolute atomic E-state index is 8.47. The van der Waals surface area contributed by atoms with Crippen molar-refractivity contribution in [3.05, 3.63) is 35.6 Å². The Bertz CT molecular complexity index is 576. The fourth-order valence-electron chi connectivity index (χ4n) is 1.60. The zero-order chi connectivity index (χ0) is 13.5. The van der Waals surface area contributed by atoms with Crippen LogP contribution < -0.4 is 0 Å². The number of thioether (sulfide) groups is 1. The predicted octanol–water partition coefficient (Wildman–Crippen LogP) is 3.71. The minimum Gasteiger partial charge on any atom is -0.277 e. The number of hydrogen-bond acceptors (Lipinski definition) is 4. The lowest BCUT2D eigenvalue weighted by Gasteiger charge is -2.06. The molecular weight excluding hydrogens is 280 g/mol. The minimum atomic E-state index is 0.613. The fraction of sp³-hybridized carbons (Fsp3) is 0.308. The zero-order valence-corrected chi connectivity index (χ0v) is 11.9. The molecule has 0 unspecified atom stereocenters. The summed E-state index contributed by atoms with van der Waals surface area (Å²) >= 11 is 7.63. The third-order valence-electron chi connectivity index (χ3n) is 2.52. The monoisotopic (exact) mass is 292 g/mol. The molecule has 0 spiro atoms. The van der Waals surface area contributed by atoms with Crippen molar-refractivity contribution < 1.29 is 0 Å². The van der Waals surface area contributed by atoms with Crippen LogP contribution in [-0.4, -0.2) is 20.5 Å². The van der Waals surface area contributed by atoms with E-state index in [4.69, 9.17) is 16.9 Å². The molecule has 19 heavy (non-hydrogen) atoms. The van der Waals surface area contributed by atoms with Gasteiger partial charge in [-0.2, -0.15) is 5.26 Å². The number of nitriles is 1. The number of aromatic nitrogens is 3. The molecule has 1 heterocycles. The number of rotatable bonds is 6. The van der Waals surface area contributed by atoms with Gasteiger partial charge in [0, 0.05) is 17.2 Å². The molecule has 2 rings (SSSR count). The van der Waals surface area contributed by atoms with E-state index >= 15 is 0 Å². The second kappa shape index (κ2) is 7.17. The molecule has 0 amide bonds. The van der Waals surface area contributed by atoms with Gasteiger partial charge in [0.1, 0.15) is 6.33 Å². The summed E-state index contributed by atoms with van der Waals surface area (Å²) in [5.41, 5.74) is 0.956. The molecule has 1 aromatic heterocycles. The van der Waals surface area contributed by atoms with Crippen molar-refractivity contribution in [1.82, 2.24) is 14.8 Å². The zero-order valence-electron chi connectivity index (χ0n) is 10.3. The summed E-state index contributed by atoms with van der Waals surface area (Å²) in [6.07, 6.45) is 4.22. The highest BCUT2D eigenvalue weighted by molar-refractivity contribution is 7.99. The normalized spacial score (nSPS) is 10.3. The van der Waals surface area contributed by atoms with Crippen molar-refractivity contribution in [2.24, 2.45) is 0 Å². The first-order valence-electron chi connectivity index (χ1n) is 5.97. The van der Waals surface area contributed by atoms with Gasteiger partial charge < -0.3 is 0 Å². The van der Waals surface area contributed by atoms with Gasteiger partial charge in [-0.3, -0.25) is 4.57 Å². The van der Waals surface area contributed by atoms with Crippen LogP contribution in [0.5, 0.6) is 0 Å². The third kappa shape index (κ3) is 3.98. The lowest BCUT2D eigenvalue weighted by atomic mass is 10.3. The van der Waals surface area contributed by atoms with E-state index in [-0.39, 0.29) is 0 Å². The summed E-state index contributed by atoms with van der Waals surface area (Å²) in [7, 11) is 0. The first-order valence-corrected chi connectivity index (χ1v) is 7.33. The molecule has 0 saturated carbocycles. The fourth-order valence-corrected chi connectivity index (χ4v) is 2.71. The average Bonchev–Trinajstić information content (AvgIpc) is 2.87. The van der Waals surface area contributed by atoms with Crippen molar-refractivity contribution in [2.75, 3.05) is 5.75 Å². The Morgan fingerprint density at radius 1 is 1.37 bits per heavy atom. The second-order valence-electron chi connectivity index (χ2n) is 3.93. The Labute approximate surface area is 121 Å². The molecular formula is C13H13ClN4S. The molecule has 4 nitrogen and oxygen atoms in total. The molecule has 0 atom stereocenters. The van der Waals surface area contributed by atoms with E-state index in [2.05, 4.69) is 16.3 Å². The van der Waals surface area contributed by atoms with E-state index < -0.39 is 0 Å². The van der Waals surface area contributed by atoms with E-state index in [0.29, 0.717) is 11.4 Å². The number of nitrogens with zero attached hydrogens (tertiary/aromatic N) is 4. The third-order valence-corrected chi connectivity index (χ3v) is 3.78. The SMILES string of the molecule is N#CCCCCSc1nncn1-c1cccc(Cl)c1. The van der Waals surface area contributed by atoms with E-state index in [1.54, 1.807) is 18.1 Å². The molecule has 0 aliphatic heterocycles. The number of hydrogen-bond donors (Lipinski definition) is 0. The highest BCUT2D eigenvalue weighted by Crippen LogP contribution is 2.22. The Hall–Kier alpha value is -1.51. The summed E-state index contributed by atoms with van der Waals surface area (Å²) in [4.78, 5) is 0. The maximum atomic E-state index is 8.47. The molecule has 0 radical (unpaired) electrons. The van der Waals surface area contributed by atoms with Gasteiger partial charge in [-0.05, 0) is 31.0 Å². The second-order valence-corrected chi connectivity index (χ2v) is 5.43. The standard InChI is InChI=1S/C13H13ClN4S/c14-11-5-4-6-12(9-11)18-10-16-17-13(18)19-8-3-1-2-7-15/h4-6,9-10H,1-3,8H2. The van der Waals surface area contributed by atoms with Crippen LogP contribution in [0.4, 0.5) is 0 Å². The smallest absolute Gasteiger partial charge is 0.195 e. The highest BCUT2D eigenvalue weighted by atomic mass is 35.5. The Morgan fingerprint density at radius 2 is 2.26 bits per heavy atom. The molecule has 2 aromatic rings. The van der Waals surface area contributed by atoms with E-state index in [0.717, 1.165) is 29.4 Å². The van der Waals surface area contributed by atoms with Crippen molar-refractivity contribution >= 4 is 23.4 Å². The van der Waals surface area contributed by atoms with Crippen LogP contribution in [0.25, 0.3) is 5.69 Å². The van der Waals surface area contributed by atoms with Gasteiger partial charge in [0.2, 0.25) is 0 Å². The van der Waals surface area contributed by atoms with Crippen molar-refractivity contribution in [2.45, 2.75) is 24.4 Å². The van der Waals surface area contributed by atoms with Gasteiger partial charge >= 0.3 is 0 Å².